The smallest absolute Gasteiger partial charge is 0.266 e. The van der Waals surface area contributed by atoms with Crippen molar-refractivity contribution in [1.82, 2.24) is 10.3 Å². The van der Waals surface area contributed by atoms with Gasteiger partial charge in [-0.15, -0.1) is 4.83 Å². The average molecular weight is 556 g/mol. The maximum absolute atomic E-state index is 12.8. The summed E-state index contributed by atoms with van der Waals surface area (Å²) in [6.07, 6.45) is 0. The first-order valence-corrected chi connectivity index (χ1v) is 13.9. The number of sulfonamides is 2. The number of rotatable bonds is 7. The molecule has 1 amide bonds. The van der Waals surface area contributed by atoms with E-state index in [2.05, 4.69) is 10.1 Å². The summed E-state index contributed by atoms with van der Waals surface area (Å²) >= 11 is 11.9. The number of hydrogen-bond acceptors (Lipinski definition) is 5. The Kier molecular flexibility index (Phi) is 7.83. The highest BCUT2D eigenvalue weighted by atomic mass is 35.5. The number of hydrazine groups is 1. The first-order valence-electron chi connectivity index (χ1n) is 10.2. The molecule has 0 radical (unpaired) electrons. The summed E-state index contributed by atoms with van der Waals surface area (Å²) in [5.74, 6) is -0.849. The van der Waals surface area contributed by atoms with Crippen molar-refractivity contribution in [3.8, 4) is 0 Å². The third kappa shape index (κ3) is 6.74. The molecule has 0 aliphatic carbocycles. The second-order valence-corrected chi connectivity index (χ2v) is 12.8. The molecule has 3 N–H and O–H groups in total. The van der Waals surface area contributed by atoms with Crippen molar-refractivity contribution < 1.29 is 21.6 Å². The lowest BCUT2D eigenvalue weighted by Gasteiger charge is -2.19. The van der Waals surface area contributed by atoms with Crippen LogP contribution in [-0.2, 0) is 25.5 Å². The molecule has 8 nitrogen and oxygen atoms in total. The third-order valence-corrected chi connectivity index (χ3v) is 8.10. The van der Waals surface area contributed by atoms with Crippen LogP contribution in [0.25, 0.3) is 0 Å². The fourth-order valence-corrected chi connectivity index (χ4v) is 5.31. The van der Waals surface area contributed by atoms with Gasteiger partial charge in [-0.1, -0.05) is 62.2 Å². The number of nitrogens with one attached hydrogen (secondary N) is 3. The molecule has 0 saturated carbocycles. The Morgan fingerprint density at radius 2 is 1.46 bits per heavy atom. The maximum Gasteiger partial charge on any atom is 0.266 e. The number of carbonyl (C=O) groups excluding carboxylic acids is 1. The quantitative estimate of drug-likeness (QED) is 0.364. The van der Waals surface area contributed by atoms with E-state index in [0.717, 1.165) is 11.6 Å². The first kappa shape index (κ1) is 27.0. The van der Waals surface area contributed by atoms with Crippen LogP contribution in [0.15, 0.2) is 76.5 Å². The van der Waals surface area contributed by atoms with Crippen molar-refractivity contribution >= 4 is 54.8 Å². The molecule has 0 spiro atoms. The van der Waals surface area contributed by atoms with Gasteiger partial charge < -0.3 is 0 Å². The molecule has 3 rings (SSSR count). The molecule has 3 aromatic rings. The molecule has 0 bridgehead atoms. The maximum atomic E-state index is 12.8. The van der Waals surface area contributed by atoms with Crippen molar-refractivity contribution in [2.45, 2.75) is 36.0 Å². The minimum absolute atomic E-state index is 0.0373. The van der Waals surface area contributed by atoms with Crippen LogP contribution in [0.4, 0.5) is 5.69 Å². The Labute approximate surface area is 214 Å². The molecule has 0 saturated heterocycles. The van der Waals surface area contributed by atoms with Crippen LogP contribution in [0.1, 0.15) is 36.7 Å². The SMILES string of the molecule is CC(C)(C)c1ccc(S(=O)(=O)NNC(=O)c2cccc(S(=O)(=O)Nc3cc(Cl)ccc3Cl)c2)cc1. The summed E-state index contributed by atoms with van der Waals surface area (Å²) < 4.78 is 53.0. The molecule has 0 atom stereocenters. The molecule has 35 heavy (non-hydrogen) atoms. The Bertz CT molecular complexity index is 1470. The highest BCUT2D eigenvalue weighted by Crippen LogP contribution is 2.28. The average Bonchev–Trinajstić information content (AvgIpc) is 2.79. The molecule has 3 aromatic carbocycles. The zero-order valence-corrected chi connectivity index (χ0v) is 22.1. The Hall–Kier alpha value is -2.63. The summed E-state index contributed by atoms with van der Waals surface area (Å²) in [5, 5.41) is 0.414. The second kappa shape index (κ2) is 10.2. The van der Waals surface area contributed by atoms with Crippen molar-refractivity contribution in [1.29, 1.82) is 0 Å². The summed E-state index contributed by atoms with van der Waals surface area (Å²) in [7, 11) is -8.18. The lowest BCUT2D eigenvalue weighted by molar-refractivity contribution is 0.0945. The van der Waals surface area contributed by atoms with Crippen molar-refractivity contribution in [3.05, 3.63) is 87.9 Å². The lowest BCUT2D eigenvalue weighted by atomic mass is 9.87. The number of carbonyl (C=O) groups is 1. The van der Waals surface area contributed by atoms with Gasteiger partial charge in [0.25, 0.3) is 26.0 Å². The van der Waals surface area contributed by atoms with Gasteiger partial charge in [-0.2, -0.15) is 0 Å². The van der Waals surface area contributed by atoms with E-state index in [9.17, 15) is 21.6 Å². The predicted molar refractivity (Wildman–Crippen MR) is 137 cm³/mol. The van der Waals surface area contributed by atoms with E-state index < -0.39 is 26.0 Å². The highest BCUT2D eigenvalue weighted by molar-refractivity contribution is 7.92. The Morgan fingerprint density at radius 1 is 0.800 bits per heavy atom. The van der Waals surface area contributed by atoms with Gasteiger partial charge in [0.2, 0.25) is 0 Å². The summed E-state index contributed by atoms with van der Waals surface area (Å²) in [5.41, 5.74) is 2.88. The fourth-order valence-electron chi connectivity index (χ4n) is 2.96. The lowest BCUT2D eigenvalue weighted by Crippen LogP contribution is -2.41. The zero-order chi connectivity index (χ0) is 26.0. The molecule has 0 aliphatic rings. The molecular formula is C23H23Cl2N3O5S2. The molecule has 0 fully saturated rings. The van der Waals surface area contributed by atoms with Crippen molar-refractivity contribution in [2.24, 2.45) is 0 Å². The molecule has 0 aliphatic heterocycles. The Morgan fingerprint density at radius 3 is 2.09 bits per heavy atom. The second-order valence-electron chi connectivity index (χ2n) is 8.59. The van der Waals surface area contributed by atoms with Gasteiger partial charge in [0, 0.05) is 10.6 Å². The molecule has 0 aromatic heterocycles. The van der Waals surface area contributed by atoms with E-state index in [1.807, 2.05) is 25.6 Å². The monoisotopic (exact) mass is 555 g/mol. The van der Waals surface area contributed by atoms with E-state index in [0.29, 0.717) is 0 Å². The minimum Gasteiger partial charge on any atom is -0.278 e. The topological polar surface area (TPSA) is 121 Å². The van der Waals surface area contributed by atoms with Gasteiger partial charge in [-0.05, 0) is 59.5 Å². The number of amides is 1. The van der Waals surface area contributed by atoms with Crippen LogP contribution >= 0.6 is 23.2 Å². The van der Waals surface area contributed by atoms with Crippen LogP contribution in [0.5, 0.6) is 0 Å². The van der Waals surface area contributed by atoms with E-state index in [-0.39, 0.29) is 36.5 Å². The van der Waals surface area contributed by atoms with Gasteiger partial charge in [0.15, 0.2) is 0 Å². The predicted octanol–water partition coefficient (Wildman–Crippen LogP) is 4.72. The number of hydrogen-bond donors (Lipinski definition) is 3. The number of halogens is 2. The molecular weight excluding hydrogens is 533 g/mol. The summed E-state index contributed by atoms with van der Waals surface area (Å²) in [6, 6.07) is 15.6. The van der Waals surface area contributed by atoms with Crippen LogP contribution < -0.4 is 15.0 Å². The van der Waals surface area contributed by atoms with Gasteiger partial charge in [0.1, 0.15) is 0 Å². The first-order chi connectivity index (χ1) is 16.2. The molecule has 0 unspecified atom stereocenters. The van der Waals surface area contributed by atoms with Gasteiger partial charge in [-0.3, -0.25) is 14.9 Å². The van der Waals surface area contributed by atoms with E-state index in [1.165, 1.54) is 48.5 Å². The van der Waals surface area contributed by atoms with Crippen LogP contribution in [-0.4, -0.2) is 22.7 Å². The number of anilines is 1. The third-order valence-electron chi connectivity index (χ3n) is 4.91. The van der Waals surface area contributed by atoms with Gasteiger partial charge in [0.05, 0.1) is 20.5 Å². The normalized spacial score (nSPS) is 12.3. The molecule has 186 valence electrons. The van der Waals surface area contributed by atoms with Crippen molar-refractivity contribution in [3.63, 3.8) is 0 Å². The van der Waals surface area contributed by atoms with Gasteiger partial charge in [-0.25, -0.2) is 16.8 Å². The Balaban J connectivity index is 1.74. The van der Waals surface area contributed by atoms with Gasteiger partial charge >= 0.3 is 0 Å². The van der Waals surface area contributed by atoms with E-state index >= 15 is 0 Å². The number of benzene rings is 3. The van der Waals surface area contributed by atoms with Crippen molar-refractivity contribution in [2.75, 3.05) is 4.72 Å². The van der Waals surface area contributed by atoms with E-state index in [1.54, 1.807) is 12.1 Å². The highest BCUT2D eigenvalue weighted by Gasteiger charge is 2.21. The van der Waals surface area contributed by atoms with Crippen LogP contribution in [0.3, 0.4) is 0 Å². The molecule has 12 heteroatoms. The fraction of sp³-hybridized carbons (Fsp3) is 0.174. The summed E-state index contributed by atoms with van der Waals surface area (Å²) in [4.78, 5) is 14.3. The minimum atomic E-state index is -4.12. The van der Waals surface area contributed by atoms with E-state index in [4.69, 9.17) is 23.2 Å². The largest absolute Gasteiger partial charge is 0.278 e. The zero-order valence-electron chi connectivity index (χ0n) is 19.0. The van der Waals surface area contributed by atoms with Crippen LogP contribution in [0.2, 0.25) is 10.0 Å². The molecule has 0 heterocycles. The summed E-state index contributed by atoms with van der Waals surface area (Å²) in [6.45, 7) is 6.01. The van der Waals surface area contributed by atoms with Crippen LogP contribution in [0, 0.1) is 0 Å². The standard InChI is InChI=1S/C23H23Cl2N3O5S2/c1-23(2,3)16-7-10-18(11-8-16)35(32,33)28-26-22(29)15-5-4-6-19(13-15)34(30,31)27-21-14-17(24)9-12-20(21)25/h4-14,27-28H,1-3H3,(H,26,29).